The highest BCUT2D eigenvalue weighted by molar-refractivity contribution is 7.46. The molecule has 0 spiro atoms. The predicted molar refractivity (Wildman–Crippen MR) is 101 cm³/mol. The Morgan fingerprint density at radius 1 is 1.24 bits per heavy atom. The number of phosphoric ester groups is 2. The fourth-order valence-electron chi connectivity index (χ4n) is 3.52. The Kier molecular flexibility index (Phi) is 6.64. The summed E-state index contributed by atoms with van der Waals surface area (Å²) in [6, 6.07) is 0. The molecule has 16 heteroatoms. The third-order valence-corrected chi connectivity index (χ3v) is 5.79. The number of anilines is 1. The number of phosphoric acid groups is 2. The molecule has 0 aliphatic heterocycles. The maximum Gasteiger partial charge on any atom is 0.469 e. The summed E-state index contributed by atoms with van der Waals surface area (Å²) in [6.07, 6.45) is 1.24. The van der Waals surface area contributed by atoms with Crippen LogP contribution in [0.4, 0.5) is 5.82 Å². The number of rotatable bonds is 8. The minimum absolute atomic E-state index is 0.0330. The molecule has 1 aliphatic carbocycles. The standard InChI is InChI=1S/C13H20ClN5O8P2/c1-15-11-10-12(18-13(14)17-11)19(6-16-10)4-7-2-8(5-26-28(20,21)22)9(3-7)27-29(23,24)25/h6-9H,2-5H2,1H3,(H,15,17,18)(H2,20,21,22)(H2,23,24,25). The summed E-state index contributed by atoms with van der Waals surface area (Å²) in [6.45, 7) is -0.0194. The van der Waals surface area contributed by atoms with Gasteiger partial charge >= 0.3 is 15.6 Å². The van der Waals surface area contributed by atoms with Crippen molar-refractivity contribution in [1.29, 1.82) is 0 Å². The van der Waals surface area contributed by atoms with Crippen molar-refractivity contribution in [3.05, 3.63) is 11.6 Å². The molecular formula is C13H20ClN5O8P2. The fourth-order valence-corrected chi connectivity index (χ4v) is 4.68. The minimum atomic E-state index is -4.79. The Bertz CT molecular complexity index is 978. The highest BCUT2D eigenvalue weighted by Crippen LogP contribution is 2.47. The largest absolute Gasteiger partial charge is 0.469 e. The number of halogens is 1. The molecule has 1 aliphatic rings. The summed E-state index contributed by atoms with van der Waals surface area (Å²) < 4.78 is 33.3. The second-order valence-corrected chi connectivity index (χ2v) is 9.45. The first-order chi connectivity index (χ1) is 13.4. The van der Waals surface area contributed by atoms with E-state index in [0.29, 0.717) is 29.9 Å². The van der Waals surface area contributed by atoms with Crippen LogP contribution >= 0.6 is 27.2 Å². The molecule has 1 fully saturated rings. The average Bonchev–Trinajstić information content (AvgIpc) is 3.14. The first kappa shape index (κ1) is 22.5. The monoisotopic (exact) mass is 471 g/mol. The van der Waals surface area contributed by atoms with Gasteiger partial charge in [0.15, 0.2) is 17.0 Å². The van der Waals surface area contributed by atoms with E-state index in [1.807, 2.05) is 0 Å². The summed E-state index contributed by atoms with van der Waals surface area (Å²) in [5, 5.41) is 2.91. The summed E-state index contributed by atoms with van der Waals surface area (Å²) in [5.41, 5.74) is 0.996. The van der Waals surface area contributed by atoms with E-state index in [1.54, 1.807) is 17.9 Å². The maximum atomic E-state index is 11.3. The van der Waals surface area contributed by atoms with Gasteiger partial charge in [0.2, 0.25) is 5.28 Å². The molecule has 3 atom stereocenters. The van der Waals surface area contributed by atoms with Crippen LogP contribution in [-0.2, 0) is 24.7 Å². The summed E-state index contributed by atoms with van der Waals surface area (Å²) >= 11 is 5.95. The Labute approximate surface area is 169 Å². The van der Waals surface area contributed by atoms with Crippen molar-refractivity contribution in [1.82, 2.24) is 19.5 Å². The lowest BCUT2D eigenvalue weighted by Crippen LogP contribution is -2.21. The van der Waals surface area contributed by atoms with Crippen LogP contribution in [0.1, 0.15) is 12.8 Å². The number of hydrogen-bond acceptors (Lipinski definition) is 8. The zero-order valence-electron chi connectivity index (χ0n) is 15.1. The summed E-state index contributed by atoms with van der Waals surface area (Å²) in [4.78, 5) is 48.6. The van der Waals surface area contributed by atoms with Crippen molar-refractivity contribution >= 4 is 44.2 Å². The predicted octanol–water partition coefficient (Wildman–Crippen LogP) is 1.13. The van der Waals surface area contributed by atoms with E-state index >= 15 is 0 Å². The van der Waals surface area contributed by atoms with Crippen molar-refractivity contribution < 1.29 is 37.8 Å². The number of hydrogen-bond donors (Lipinski definition) is 5. The Morgan fingerprint density at radius 2 is 1.97 bits per heavy atom. The zero-order chi connectivity index (χ0) is 21.4. The van der Waals surface area contributed by atoms with Crippen LogP contribution in [-0.4, -0.2) is 58.9 Å². The lowest BCUT2D eigenvalue weighted by atomic mass is 10.1. The molecule has 0 radical (unpaired) electrons. The third kappa shape index (κ3) is 5.94. The van der Waals surface area contributed by atoms with Gasteiger partial charge in [0.05, 0.1) is 19.0 Å². The molecule has 13 nitrogen and oxygen atoms in total. The molecule has 0 aromatic carbocycles. The molecule has 1 saturated carbocycles. The van der Waals surface area contributed by atoms with E-state index in [2.05, 4.69) is 24.8 Å². The normalized spacial score (nSPS) is 23.0. The van der Waals surface area contributed by atoms with Crippen LogP contribution in [0.3, 0.4) is 0 Å². The van der Waals surface area contributed by atoms with Crippen molar-refractivity contribution in [2.75, 3.05) is 19.0 Å². The molecular weight excluding hydrogens is 452 g/mol. The second-order valence-electron chi connectivity index (χ2n) is 6.68. The van der Waals surface area contributed by atoms with Crippen molar-refractivity contribution in [2.45, 2.75) is 25.5 Å². The molecule has 2 aromatic heterocycles. The van der Waals surface area contributed by atoms with Gasteiger partial charge in [-0.15, -0.1) is 0 Å². The Hall–Kier alpha value is -1.14. The molecule has 3 unspecified atom stereocenters. The molecule has 162 valence electrons. The van der Waals surface area contributed by atoms with E-state index < -0.39 is 34.3 Å². The molecule has 3 rings (SSSR count). The van der Waals surface area contributed by atoms with Gasteiger partial charge in [0, 0.05) is 19.5 Å². The van der Waals surface area contributed by atoms with Gasteiger partial charge in [-0.25, -0.2) is 14.1 Å². The van der Waals surface area contributed by atoms with E-state index in [9.17, 15) is 9.13 Å². The smallest absolute Gasteiger partial charge is 0.371 e. The van der Waals surface area contributed by atoms with Gasteiger partial charge in [-0.3, -0.25) is 9.05 Å². The first-order valence-corrected chi connectivity index (χ1v) is 11.9. The highest BCUT2D eigenvalue weighted by Gasteiger charge is 2.40. The highest BCUT2D eigenvalue weighted by atomic mass is 35.5. The number of aromatic nitrogens is 4. The van der Waals surface area contributed by atoms with Gasteiger partial charge in [-0.05, 0) is 30.4 Å². The van der Waals surface area contributed by atoms with Crippen LogP contribution in [0.5, 0.6) is 0 Å². The number of fused-ring (bicyclic) bond motifs is 1. The van der Waals surface area contributed by atoms with Crippen LogP contribution in [0.2, 0.25) is 5.28 Å². The van der Waals surface area contributed by atoms with Crippen LogP contribution < -0.4 is 5.32 Å². The third-order valence-electron chi connectivity index (χ3n) is 4.59. The molecule has 29 heavy (non-hydrogen) atoms. The van der Waals surface area contributed by atoms with Crippen LogP contribution in [0.15, 0.2) is 6.33 Å². The molecule has 5 N–H and O–H groups in total. The minimum Gasteiger partial charge on any atom is -0.371 e. The van der Waals surface area contributed by atoms with Gasteiger partial charge in [-0.1, -0.05) is 0 Å². The van der Waals surface area contributed by atoms with Crippen molar-refractivity contribution in [3.63, 3.8) is 0 Å². The summed E-state index contributed by atoms with van der Waals surface area (Å²) in [7, 11) is -7.84. The molecule has 0 bridgehead atoms. The average molecular weight is 472 g/mol. The number of nitrogens with one attached hydrogen (secondary N) is 1. The van der Waals surface area contributed by atoms with Crippen molar-refractivity contribution in [2.24, 2.45) is 11.8 Å². The lowest BCUT2D eigenvalue weighted by molar-refractivity contribution is 0.0737. The lowest BCUT2D eigenvalue weighted by Gasteiger charge is -2.20. The first-order valence-electron chi connectivity index (χ1n) is 8.45. The SMILES string of the molecule is CNc1nc(Cl)nc2c1ncn2CC1CC(COP(=O)(O)O)C(OP(=O)(O)O)C1. The Morgan fingerprint density at radius 3 is 2.59 bits per heavy atom. The van der Waals surface area contributed by atoms with Crippen molar-refractivity contribution in [3.8, 4) is 0 Å². The molecule has 0 amide bonds. The molecule has 0 saturated heterocycles. The van der Waals surface area contributed by atoms with E-state index in [-0.39, 0.29) is 17.6 Å². The van der Waals surface area contributed by atoms with Gasteiger partial charge in [0.25, 0.3) is 0 Å². The van der Waals surface area contributed by atoms with E-state index in [0.717, 1.165) is 0 Å². The van der Waals surface area contributed by atoms with E-state index in [1.165, 1.54) is 0 Å². The van der Waals surface area contributed by atoms with Crippen LogP contribution in [0.25, 0.3) is 11.2 Å². The number of nitrogens with zero attached hydrogens (tertiary/aromatic N) is 4. The molecule has 2 heterocycles. The van der Waals surface area contributed by atoms with Gasteiger partial charge < -0.3 is 29.5 Å². The summed E-state index contributed by atoms with van der Waals surface area (Å²) in [5.74, 6) is -0.289. The topological polar surface area (TPSA) is 189 Å². The Balaban J connectivity index is 1.79. The van der Waals surface area contributed by atoms with Gasteiger partial charge in [-0.2, -0.15) is 9.97 Å². The maximum absolute atomic E-state index is 11.3. The number of imidazole rings is 1. The van der Waals surface area contributed by atoms with Crippen LogP contribution in [0, 0.1) is 11.8 Å². The zero-order valence-corrected chi connectivity index (χ0v) is 17.7. The fraction of sp³-hybridized carbons (Fsp3) is 0.615. The second kappa shape index (κ2) is 8.54. The quantitative estimate of drug-likeness (QED) is 0.273. The van der Waals surface area contributed by atoms with E-state index in [4.69, 9.17) is 35.7 Å². The molecule has 2 aromatic rings. The van der Waals surface area contributed by atoms with Gasteiger partial charge in [0.1, 0.15) is 0 Å².